The summed E-state index contributed by atoms with van der Waals surface area (Å²) < 4.78 is 5.43. The van der Waals surface area contributed by atoms with E-state index in [-0.39, 0.29) is 5.60 Å². The highest BCUT2D eigenvalue weighted by atomic mass is 79.9. The van der Waals surface area contributed by atoms with Gasteiger partial charge in [0.25, 0.3) is 0 Å². The van der Waals surface area contributed by atoms with Crippen LogP contribution in [0, 0.1) is 0 Å². The van der Waals surface area contributed by atoms with Crippen LogP contribution in [-0.4, -0.2) is 42.1 Å². The van der Waals surface area contributed by atoms with E-state index in [9.17, 15) is 0 Å². The smallest absolute Gasteiger partial charge is 0.0634 e. The molecule has 0 atom stereocenters. The summed E-state index contributed by atoms with van der Waals surface area (Å²) in [5.74, 6) is 0. The van der Waals surface area contributed by atoms with E-state index in [1.54, 1.807) is 7.11 Å². The maximum absolute atomic E-state index is 5.43. The second-order valence-electron chi connectivity index (χ2n) is 4.67. The monoisotopic (exact) mass is 263 g/mol. The molecule has 0 amide bonds. The van der Waals surface area contributed by atoms with Crippen LogP contribution in [0.25, 0.3) is 0 Å². The number of rotatable bonds is 7. The van der Waals surface area contributed by atoms with Crippen LogP contribution in [0.1, 0.15) is 33.1 Å². The largest absolute Gasteiger partial charge is 0.379 e. The van der Waals surface area contributed by atoms with E-state index in [0.29, 0.717) is 0 Å². The third kappa shape index (κ3) is 4.28. The van der Waals surface area contributed by atoms with Crippen LogP contribution in [0.5, 0.6) is 0 Å². The van der Waals surface area contributed by atoms with Crippen LogP contribution in [0.4, 0.5) is 0 Å². The molecule has 1 aliphatic carbocycles. The lowest BCUT2D eigenvalue weighted by Gasteiger charge is -2.28. The minimum atomic E-state index is 0.0272. The second-order valence-corrected chi connectivity index (χ2v) is 5.46. The van der Waals surface area contributed by atoms with Crippen molar-refractivity contribution in [3.05, 3.63) is 0 Å². The molecule has 0 aromatic carbocycles. The molecule has 1 rings (SSSR count). The van der Waals surface area contributed by atoms with Gasteiger partial charge in [-0.3, -0.25) is 4.90 Å². The van der Waals surface area contributed by atoms with Crippen molar-refractivity contribution >= 4 is 15.9 Å². The number of halogens is 1. The lowest BCUT2D eigenvalue weighted by Crippen LogP contribution is -2.34. The lowest BCUT2D eigenvalue weighted by atomic mass is 10.1. The standard InChI is InChI=1S/C11H22BrNO/c1-11(2,14-3)6-8-13(9-7-12)10-4-5-10/h10H,4-9H2,1-3H3. The number of hydrogen-bond acceptors (Lipinski definition) is 2. The van der Waals surface area contributed by atoms with Crippen LogP contribution < -0.4 is 0 Å². The highest BCUT2D eigenvalue weighted by molar-refractivity contribution is 9.09. The minimum absolute atomic E-state index is 0.0272. The zero-order valence-corrected chi connectivity index (χ0v) is 11.1. The van der Waals surface area contributed by atoms with Crippen molar-refractivity contribution in [1.29, 1.82) is 0 Å². The van der Waals surface area contributed by atoms with Crippen LogP contribution in [-0.2, 0) is 4.74 Å². The fraction of sp³-hybridized carbons (Fsp3) is 1.00. The molecule has 2 nitrogen and oxygen atoms in total. The summed E-state index contributed by atoms with van der Waals surface area (Å²) in [6, 6.07) is 0.861. The first kappa shape index (κ1) is 12.5. The first-order valence-electron chi connectivity index (χ1n) is 5.44. The molecule has 14 heavy (non-hydrogen) atoms. The van der Waals surface area contributed by atoms with Gasteiger partial charge in [-0.05, 0) is 33.1 Å². The third-order valence-electron chi connectivity index (χ3n) is 2.99. The van der Waals surface area contributed by atoms with Crippen molar-refractivity contribution in [2.24, 2.45) is 0 Å². The number of hydrogen-bond donors (Lipinski definition) is 0. The fourth-order valence-electron chi connectivity index (χ4n) is 1.54. The zero-order valence-electron chi connectivity index (χ0n) is 9.55. The van der Waals surface area contributed by atoms with E-state index in [1.165, 1.54) is 19.4 Å². The molecule has 1 fully saturated rings. The summed E-state index contributed by atoms with van der Waals surface area (Å²) in [4.78, 5) is 2.58. The van der Waals surface area contributed by atoms with Gasteiger partial charge in [0.05, 0.1) is 5.60 Å². The third-order valence-corrected chi connectivity index (χ3v) is 3.34. The summed E-state index contributed by atoms with van der Waals surface area (Å²) in [5, 5.41) is 1.08. The topological polar surface area (TPSA) is 12.5 Å². The van der Waals surface area contributed by atoms with Crippen LogP contribution >= 0.6 is 15.9 Å². The van der Waals surface area contributed by atoms with Gasteiger partial charge in [-0.15, -0.1) is 0 Å². The van der Waals surface area contributed by atoms with Crippen LogP contribution in [0.15, 0.2) is 0 Å². The van der Waals surface area contributed by atoms with E-state index in [2.05, 4.69) is 34.7 Å². The van der Waals surface area contributed by atoms with E-state index >= 15 is 0 Å². The Morgan fingerprint density at radius 1 is 1.36 bits per heavy atom. The maximum atomic E-state index is 5.43. The van der Waals surface area contributed by atoms with Gasteiger partial charge in [0.1, 0.15) is 0 Å². The molecule has 1 saturated carbocycles. The Hall–Kier alpha value is 0.400. The Kier molecular flexibility index (Phi) is 4.88. The summed E-state index contributed by atoms with van der Waals surface area (Å²) in [5.41, 5.74) is 0.0272. The molecule has 0 aromatic heterocycles. The van der Waals surface area contributed by atoms with Crippen molar-refractivity contribution in [3.8, 4) is 0 Å². The SMILES string of the molecule is COC(C)(C)CCN(CCBr)C1CC1. The molecule has 0 N–H and O–H groups in total. The van der Waals surface area contributed by atoms with Gasteiger partial charge in [0.2, 0.25) is 0 Å². The average Bonchev–Trinajstić information content (AvgIpc) is 2.95. The van der Waals surface area contributed by atoms with Gasteiger partial charge in [-0.25, -0.2) is 0 Å². The van der Waals surface area contributed by atoms with Gasteiger partial charge in [0, 0.05) is 31.6 Å². The molecule has 0 radical (unpaired) electrons. The first-order chi connectivity index (χ1) is 6.59. The molecule has 1 aliphatic rings. The van der Waals surface area contributed by atoms with Crippen molar-refractivity contribution < 1.29 is 4.74 Å². The molecular weight excluding hydrogens is 242 g/mol. The van der Waals surface area contributed by atoms with Gasteiger partial charge in [0.15, 0.2) is 0 Å². The molecule has 0 heterocycles. The van der Waals surface area contributed by atoms with Crippen LogP contribution in [0.3, 0.4) is 0 Å². The fourth-order valence-corrected chi connectivity index (χ4v) is 2.00. The Balaban J connectivity index is 2.25. The van der Waals surface area contributed by atoms with Crippen molar-refractivity contribution in [1.82, 2.24) is 4.90 Å². The summed E-state index contributed by atoms with van der Waals surface area (Å²) >= 11 is 3.51. The first-order valence-corrected chi connectivity index (χ1v) is 6.56. The Labute approximate surface area is 96.1 Å². The predicted octanol–water partition coefficient (Wildman–Crippen LogP) is 2.66. The molecule has 0 saturated heterocycles. The van der Waals surface area contributed by atoms with E-state index < -0.39 is 0 Å². The normalized spacial score (nSPS) is 17.8. The van der Waals surface area contributed by atoms with Gasteiger partial charge < -0.3 is 4.74 Å². The second kappa shape index (κ2) is 5.47. The summed E-state index contributed by atoms with van der Waals surface area (Å²) in [7, 11) is 1.80. The number of ether oxygens (including phenoxy) is 1. The van der Waals surface area contributed by atoms with Gasteiger partial charge in [-0.2, -0.15) is 0 Å². The van der Waals surface area contributed by atoms with E-state index in [0.717, 1.165) is 24.3 Å². The predicted molar refractivity (Wildman–Crippen MR) is 64.1 cm³/mol. The highest BCUT2D eigenvalue weighted by Crippen LogP contribution is 2.28. The quantitative estimate of drug-likeness (QED) is 0.655. The zero-order chi connectivity index (χ0) is 10.6. The van der Waals surface area contributed by atoms with Crippen molar-refractivity contribution in [3.63, 3.8) is 0 Å². The average molecular weight is 264 g/mol. The number of nitrogens with zero attached hydrogens (tertiary/aromatic N) is 1. The summed E-state index contributed by atoms with van der Waals surface area (Å²) in [6.45, 7) is 6.65. The van der Waals surface area contributed by atoms with E-state index in [4.69, 9.17) is 4.74 Å². The highest BCUT2D eigenvalue weighted by Gasteiger charge is 2.29. The number of alkyl halides is 1. The molecule has 3 heteroatoms. The Morgan fingerprint density at radius 3 is 2.43 bits per heavy atom. The van der Waals surface area contributed by atoms with Crippen LogP contribution in [0.2, 0.25) is 0 Å². The van der Waals surface area contributed by atoms with Gasteiger partial charge in [-0.1, -0.05) is 15.9 Å². The number of methoxy groups -OCH3 is 1. The molecule has 84 valence electrons. The Bertz CT molecular complexity index is 169. The molecule has 0 aromatic rings. The molecule has 0 spiro atoms. The van der Waals surface area contributed by atoms with E-state index in [1.807, 2.05) is 0 Å². The van der Waals surface area contributed by atoms with Crippen molar-refractivity contribution in [2.45, 2.75) is 44.8 Å². The molecule has 0 unspecified atom stereocenters. The van der Waals surface area contributed by atoms with Gasteiger partial charge >= 0.3 is 0 Å². The molecular formula is C11H22BrNO. The molecule has 0 bridgehead atoms. The molecule has 0 aliphatic heterocycles. The lowest BCUT2D eigenvalue weighted by molar-refractivity contribution is 0.00729. The minimum Gasteiger partial charge on any atom is -0.379 e. The Morgan fingerprint density at radius 2 is 2.00 bits per heavy atom. The maximum Gasteiger partial charge on any atom is 0.0634 e. The summed E-state index contributed by atoms with van der Waals surface area (Å²) in [6.07, 6.45) is 3.90. The van der Waals surface area contributed by atoms with Crippen molar-refractivity contribution in [2.75, 3.05) is 25.5 Å².